The van der Waals surface area contributed by atoms with Gasteiger partial charge in [0.05, 0.1) is 47.1 Å². The second-order valence-electron chi connectivity index (χ2n) is 10.4. The summed E-state index contributed by atoms with van der Waals surface area (Å²) in [7, 11) is 3.84. The molecule has 0 saturated carbocycles. The van der Waals surface area contributed by atoms with E-state index in [1.165, 1.54) is 47.9 Å². The van der Waals surface area contributed by atoms with Crippen molar-refractivity contribution in [2.24, 2.45) is 0 Å². The first-order valence-corrected chi connectivity index (χ1v) is 16.1. The molecule has 0 amide bonds. The van der Waals surface area contributed by atoms with Gasteiger partial charge in [-0.1, -0.05) is 0 Å². The van der Waals surface area contributed by atoms with Gasteiger partial charge in [-0.15, -0.1) is 0 Å². The van der Waals surface area contributed by atoms with Crippen molar-refractivity contribution in [2.45, 2.75) is 16.7 Å². The van der Waals surface area contributed by atoms with Crippen molar-refractivity contribution in [3.63, 3.8) is 0 Å². The van der Waals surface area contributed by atoms with E-state index < -0.39 is 20.6 Å². The molecule has 1 aliphatic rings. The van der Waals surface area contributed by atoms with Crippen LogP contribution in [-0.4, -0.2) is 92.0 Å². The predicted octanol–water partition coefficient (Wildman–Crippen LogP) is 3.37. The van der Waals surface area contributed by atoms with Crippen molar-refractivity contribution >= 4 is 20.8 Å². The van der Waals surface area contributed by atoms with Crippen LogP contribution in [0.4, 0.5) is 0 Å². The number of hydrogen-bond donors (Lipinski definition) is 1. The van der Waals surface area contributed by atoms with Crippen LogP contribution in [0.25, 0.3) is 22.3 Å². The average Bonchev–Trinajstić information content (AvgIpc) is 3.09. The molecule has 1 fully saturated rings. The molecule has 4 aromatic rings. The molecular formula is C32H37N3O10S. The third-order valence-electron chi connectivity index (χ3n) is 7.70. The quantitative estimate of drug-likeness (QED) is 0.210. The number of sulfone groups is 1. The van der Waals surface area contributed by atoms with E-state index in [1.54, 1.807) is 36.4 Å². The minimum Gasteiger partial charge on any atom is -0.496 e. The van der Waals surface area contributed by atoms with Gasteiger partial charge < -0.3 is 32.8 Å². The number of nitrogens with one attached hydrogen (secondary N) is 1. The number of benzene rings is 2. The summed E-state index contributed by atoms with van der Waals surface area (Å²) in [5.41, 5.74) is 0.254. The summed E-state index contributed by atoms with van der Waals surface area (Å²) < 4.78 is 66.2. The van der Waals surface area contributed by atoms with Crippen LogP contribution in [0.5, 0.6) is 34.5 Å². The number of aromatic nitrogens is 1. The third kappa shape index (κ3) is 6.55. The maximum absolute atomic E-state index is 14.0. The van der Waals surface area contributed by atoms with Crippen LogP contribution in [0.1, 0.15) is 6.42 Å². The van der Waals surface area contributed by atoms with Crippen LogP contribution in [-0.2, 0) is 9.84 Å². The standard InChI is InChI=1S/C32H37N3O10S/c1-39-21-16-23(40-2)28-24(17-21)45-30(20-14-25(41-3)31(43-5)26(15-20)42-4)32(29(28)36)44-13-7-11-35-12-10-34-27(19-35)46(37,38)22-8-6-9-33-18-22/h6,8-9,14-18,27,34H,7,10-13,19H2,1-5H3. The van der Waals surface area contributed by atoms with Crippen LogP contribution in [0, 0.1) is 0 Å². The number of hydrogen-bond acceptors (Lipinski definition) is 13. The Balaban J connectivity index is 1.43. The number of rotatable bonds is 13. The molecule has 1 unspecified atom stereocenters. The van der Waals surface area contributed by atoms with Crippen molar-refractivity contribution in [3.05, 3.63) is 59.0 Å². The summed E-state index contributed by atoms with van der Waals surface area (Å²) in [5, 5.41) is 2.53. The van der Waals surface area contributed by atoms with Gasteiger partial charge in [-0.2, -0.15) is 0 Å². The number of piperazine rings is 1. The van der Waals surface area contributed by atoms with Gasteiger partial charge in [-0.05, 0) is 30.7 Å². The molecule has 13 nitrogen and oxygen atoms in total. The molecule has 1 atom stereocenters. The molecule has 0 aliphatic carbocycles. The van der Waals surface area contributed by atoms with E-state index in [2.05, 4.69) is 15.2 Å². The Morgan fingerprint density at radius 1 is 0.957 bits per heavy atom. The van der Waals surface area contributed by atoms with Gasteiger partial charge in [0.15, 0.2) is 27.1 Å². The molecule has 0 bridgehead atoms. The van der Waals surface area contributed by atoms with Gasteiger partial charge in [-0.3, -0.25) is 20.0 Å². The van der Waals surface area contributed by atoms with E-state index in [9.17, 15) is 13.2 Å². The Labute approximate surface area is 266 Å². The molecule has 1 N–H and O–H groups in total. The minimum atomic E-state index is -3.61. The molecule has 1 saturated heterocycles. The van der Waals surface area contributed by atoms with Crippen LogP contribution < -0.4 is 39.2 Å². The highest BCUT2D eigenvalue weighted by molar-refractivity contribution is 7.92. The fraction of sp³-hybridized carbons (Fsp3) is 0.375. The van der Waals surface area contributed by atoms with E-state index in [4.69, 9.17) is 32.8 Å². The molecule has 14 heteroatoms. The summed E-state index contributed by atoms with van der Waals surface area (Å²) in [6, 6.07) is 9.68. The van der Waals surface area contributed by atoms with Crippen molar-refractivity contribution in [2.75, 3.05) is 68.3 Å². The maximum atomic E-state index is 14.0. The number of pyridine rings is 1. The molecule has 0 spiro atoms. The summed E-state index contributed by atoms with van der Waals surface area (Å²) in [6.45, 7) is 2.15. The fourth-order valence-corrected chi connectivity index (χ4v) is 6.93. The SMILES string of the molecule is COc1cc(OC)c2c(=O)c(OCCCN3CCNC(S(=O)(=O)c4cccnc4)C3)c(-c3cc(OC)c(OC)c(OC)c3)oc2c1. The predicted molar refractivity (Wildman–Crippen MR) is 170 cm³/mol. The summed E-state index contributed by atoms with van der Waals surface area (Å²) in [4.78, 5) is 20.2. The van der Waals surface area contributed by atoms with Crippen molar-refractivity contribution < 1.29 is 41.3 Å². The van der Waals surface area contributed by atoms with Crippen molar-refractivity contribution in [1.29, 1.82) is 0 Å². The van der Waals surface area contributed by atoms with E-state index in [-0.39, 0.29) is 39.7 Å². The van der Waals surface area contributed by atoms with Gasteiger partial charge in [0.25, 0.3) is 0 Å². The topological polar surface area (TPSA) is 148 Å². The lowest BCUT2D eigenvalue weighted by Gasteiger charge is -2.33. The lowest BCUT2D eigenvalue weighted by Crippen LogP contribution is -2.54. The normalized spacial score (nSPS) is 15.4. The smallest absolute Gasteiger partial charge is 0.239 e. The van der Waals surface area contributed by atoms with Crippen LogP contribution in [0.15, 0.2) is 62.9 Å². The largest absolute Gasteiger partial charge is 0.496 e. The Kier molecular flexibility index (Phi) is 10.2. The zero-order chi connectivity index (χ0) is 32.8. The number of fused-ring (bicyclic) bond motifs is 1. The average molecular weight is 656 g/mol. The second-order valence-corrected chi connectivity index (χ2v) is 12.5. The first kappa shape index (κ1) is 32.9. The molecule has 2 aromatic carbocycles. The van der Waals surface area contributed by atoms with Gasteiger partial charge in [-0.25, -0.2) is 8.42 Å². The number of nitrogens with zero attached hydrogens (tertiary/aromatic N) is 2. The van der Waals surface area contributed by atoms with E-state index >= 15 is 0 Å². The maximum Gasteiger partial charge on any atom is 0.239 e. The first-order chi connectivity index (χ1) is 22.2. The van der Waals surface area contributed by atoms with E-state index in [0.29, 0.717) is 61.2 Å². The first-order valence-electron chi connectivity index (χ1n) is 14.5. The summed E-state index contributed by atoms with van der Waals surface area (Å²) in [6.07, 6.45) is 3.40. The minimum absolute atomic E-state index is 0.0254. The lowest BCUT2D eigenvalue weighted by atomic mass is 10.1. The summed E-state index contributed by atoms with van der Waals surface area (Å²) >= 11 is 0. The van der Waals surface area contributed by atoms with Crippen LogP contribution in [0.2, 0.25) is 0 Å². The number of methoxy groups -OCH3 is 5. The Morgan fingerprint density at radius 3 is 2.33 bits per heavy atom. The zero-order valence-electron chi connectivity index (χ0n) is 26.3. The third-order valence-corrected chi connectivity index (χ3v) is 9.66. The Hall–Kier alpha value is -4.53. The van der Waals surface area contributed by atoms with Gasteiger partial charge in [0, 0.05) is 56.3 Å². The fourth-order valence-electron chi connectivity index (χ4n) is 5.38. The van der Waals surface area contributed by atoms with Crippen molar-refractivity contribution in [3.8, 4) is 45.8 Å². The van der Waals surface area contributed by atoms with Crippen LogP contribution >= 0.6 is 0 Å². The second kappa shape index (κ2) is 14.3. The molecule has 46 heavy (non-hydrogen) atoms. The molecule has 246 valence electrons. The number of ether oxygens (including phenoxy) is 6. The highest BCUT2D eigenvalue weighted by Crippen LogP contribution is 2.44. The highest BCUT2D eigenvalue weighted by Gasteiger charge is 2.32. The van der Waals surface area contributed by atoms with Gasteiger partial charge in [0.2, 0.25) is 16.9 Å². The van der Waals surface area contributed by atoms with E-state index in [1.807, 2.05) is 0 Å². The molecular weight excluding hydrogens is 618 g/mol. The highest BCUT2D eigenvalue weighted by atomic mass is 32.2. The van der Waals surface area contributed by atoms with Gasteiger partial charge in [0.1, 0.15) is 27.8 Å². The zero-order valence-corrected chi connectivity index (χ0v) is 27.1. The molecule has 3 heterocycles. The Morgan fingerprint density at radius 2 is 1.70 bits per heavy atom. The molecule has 5 rings (SSSR count). The lowest BCUT2D eigenvalue weighted by molar-refractivity contribution is 0.202. The van der Waals surface area contributed by atoms with Crippen LogP contribution in [0.3, 0.4) is 0 Å². The summed E-state index contributed by atoms with van der Waals surface area (Å²) in [5.74, 6) is 1.94. The molecule has 0 radical (unpaired) electrons. The van der Waals surface area contributed by atoms with E-state index in [0.717, 1.165) is 0 Å². The molecule has 2 aromatic heterocycles. The van der Waals surface area contributed by atoms with Crippen molar-refractivity contribution in [1.82, 2.24) is 15.2 Å². The van der Waals surface area contributed by atoms with Gasteiger partial charge >= 0.3 is 0 Å². The molecule has 1 aliphatic heterocycles. The monoisotopic (exact) mass is 655 g/mol. The Bertz CT molecular complexity index is 1820.